The first-order valence-electron chi connectivity index (χ1n) is 8.94. The normalized spacial score (nSPS) is 11.1. The van der Waals surface area contributed by atoms with Crippen molar-refractivity contribution in [2.75, 3.05) is 23.4 Å². The predicted molar refractivity (Wildman–Crippen MR) is 106 cm³/mol. The maximum absolute atomic E-state index is 13.7. The first-order valence-corrected chi connectivity index (χ1v) is 8.94. The zero-order valence-corrected chi connectivity index (χ0v) is 16.8. The van der Waals surface area contributed by atoms with Gasteiger partial charge in [0.1, 0.15) is 12.1 Å². The van der Waals surface area contributed by atoms with Crippen LogP contribution in [0.1, 0.15) is 26.3 Å². The number of likely N-dealkylation sites (N-methyl/N-ethyl adjacent to an activating group) is 1. The summed E-state index contributed by atoms with van der Waals surface area (Å²) in [5.41, 5.74) is 0.268. The largest absolute Gasteiger partial charge is 0.443 e. The molecule has 156 valence electrons. The van der Waals surface area contributed by atoms with Gasteiger partial charge in [-0.1, -0.05) is 12.1 Å². The van der Waals surface area contributed by atoms with Crippen molar-refractivity contribution in [1.29, 1.82) is 0 Å². The molecule has 2 aromatic carbocycles. The number of halogens is 2. The van der Waals surface area contributed by atoms with E-state index in [1.54, 1.807) is 45.0 Å². The molecule has 0 saturated heterocycles. The number of anilines is 2. The third-order valence-electron chi connectivity index (χ3n) is 3.98. The van der Waals surface area contributed by atoms with Gasteiger partial charge >= 0.3 is 6.09 Å². The van der Waals surface area contributed by atoms with Crippen LogP contribution in [0.2, 0.25) is 0 Å². The van der Waals surface area contributed by atoms with Crippen molar-refractivity contribution in [3.05, 3.63) is 59.7 Å². The minimum absolute atomic E-state index is 0.0102. The Morgan fingerprint density at radius 2 is 1.72 bits per heavy atom. The van der Waals surface area contributed by atoms with E-state index in [0.29, 0.717) is 11.3 Å². The summed E-state index contributed by atoms with van der Waals surface area (Å²) in [6.45, 7) is 4.32. The second-order valence-corrected chi connectivity index (χ2v) is 7.45. The van der Waals surface area contributed by atoms with Crippen molar-refractivity contribution >= 4 is 23.4 Å². The summed E-state index contributed by atoms with van der Waals surface area (Å²) >= 11 is 0. The number of carbonyl (C=O) groups is 2. The van der Waals surface area contributed by atoms with Gasteiger partial charge in [0.25, 0.3) is 0 Å². The highest BCUT2D eigenvalue weighted by Crippen LogP contribution is 2.22. The number of benzene rings is 2. The number of aliphatic hydroxyl groups excluding tert-OH is 1. The van der Waals surface area contributed by atoms with Gasteiger partial charge in [-0.3, -0.25) is 9.69 Å². The molecule has 2 amide bonds. The van der Waals surface area contributed by atoms with Crippen LogP contribution in [0.25, 0.3) is 0 Å². The zero-order chi connectivity index (χ0) is 21.8. The highest BCUT2D eigenvalue weighted by atomic mass is 19.2. The van der Waals surface area contributed by atoms with Crippen molar-refractivity contribution in [2.24, 2.45) is 0 Å². The van der Waals surface area contributed by atoms with E-state index in [1.807, 2.05) is 0 Å². The molecule has 2 aromatic rings. The van der Waals surface area contributed by atoms with Crippen LogP contribution in [0.4, 0.5) is 25.0 Å². The molecule has 6 nitrogen and oxygen atoms in total. The summed E-state index contributed by atoms with van der Waals surface area (Å²) in [4.78, 5) is 27.7. The lowest BCUT2D eigenvalue weighted by Gasteiger charge is -2.28. The number of nitrogens with zero attached hydrogens (tertiary/aromatic N) is 2. The summed E-state index contributed by atoms with van der Waals surface area (Å²) in [6.07, 6.45) is -0.866. The maximum Gasteiger partial charge on any atom is 0.415 e. The van der Waals surface area contributed by atoms with Crippen molar-refractivity contribution in [1.82, 2.24) is 0 Å². The molecule has 0 atom stereocenters. The minimum atomic E-state index is -1.15. The number of ether oxygens (including phenoxy) is 1. The number of amides is 2. The Hall–Kier alpha value is -3.00. The van der Waals surface area contributed by atoms with E-state index in [9.17, 15) is 23.5 Å². The number of carbonyl (C=O) groups excluding carboxylic acids is 2. The molecule has 0 saturated carbocycles. The molecule has 0 aliphatic carbocycles. The smallest absolute Gasteiger partial charge is 0.415 e. The maximum atomic E-state index is 13.7. The van der Waals surface area contributed by atoms with Crippen molar-refractivity contribution in [3.8, 4) is 0 Å². The third kappa shape index (κ3) is 5.99. The van der Waals surface area contributed by atoms with Gasteiger partial charge in [0, 0.05) is 18.8 Å². The van der Waals surface area contributed by atoms with Crippen LogP contribution < -0.4 is 9.80 Å². The SMILES string of the molecule is CN(C(=O)CN(C(=O)OC(C)(C)C)c1ccc(F)c(F)c1)c1cccc(CO)c1. The zero-order valence-electron chi connectivity index (χ0n) is 16.8. The van der Waals surface area contributed by atoms with Crippen LogP contribution in [0.5, 0.6) is 0 Å². The number of hydrogen-bond acceptors (Lipinski definition) is 4. The van der Waals surface area contributed by atoms with E-state index in [0.717, 1.165) is 17.0 Å². The average molecular weight is 406 g/mol. The van der Waals surface area contributed by atoms with E-state index >= 15 is 0 Å². The number of aliphatic hydroxyl groups is 1. The van der Waals surface area contributed by atoms with Crippen molar-refractivity contribution < 1.29 is 28.2 Å². The molecule has 0 heterocycles. The Kier molecular flexibility index (Phi) is 6.92. The Balaban J connectivity index is 2.31. The van der Waals surface area contributed by atoms with Gasteiger partial charge in [0.2, 0.25) is 5.91 Å². The van der Waals surface area contributed by atoms with Crippen molar-refractivity contribution in [2.45, 2.75) is 33.0 Å². The summed E-state index contributed by atoms with van der Waals surface area (Å²) in [6, 6.07) is 9.60. The number of hydrogen-bond donors (Lipinski definition) is 1. The highest BCUT2D eigenvalue weighted by molar-refractivity contribution is 6.01. The molecule has 0 bridgehead atoms. The van der Waals surface area contributed by atoms with E-state index in [2.05, 4.69) is 0 Å². The third-order valence-corrected chi connectivity index (χ3v) is 3.98. The first kappa shape index (κ1) is 22.3. The molecule has 0 fully saturated rings. The van der Waals surface area contributed by atoms with Crippen LogP contribution in [-0.4, -0.2) is 36.3 Å². The van der Waals surface area contributed by atoms with Crippen LogP contribution in [0.15, 0.2) is 42.5 Å². The predicted octanol–water partition coefficient (Wildman–Crippen LogP) is 3.86. The van der Waals surface area contributed by atoms with E-state index < -0.39 is 35.8 Å². The van der Waals surface area contributed by atoms with E-state index in [-0.39, 0.29) is 12.3 Å². The van der Waals surface area contributed by atoms with Gasteiger partial charge in [0.15, 0.2) is 11.6 Å². The van der Waals surface area contributed by atoms with Gasteiger partial charge < -0.3 is 14.7 Å². The highest BCUT2D eigenvalue weighted by Gasteiger charge is 2.27. The van der Waals surface area contributed by atoms with Crippen molar-refractivity contribution in [3.63, 3.8) is 0 Å². The second kappa shape index (κ2) is 9.00. The van der Waals surface area contributed by atoms with Crippen LogP contribution >= 0.6 is 0 Å². The Bertz CT molecular complexity index is 896. The fourth-order valence-corrected chi connectivity index (χ4v) is 2.48. The monoisotopic (exact) mass is 406 g/mol. The van der Waals surface area contributed by atoms with E-state index in [1.165, 1.54) is 18.0 Å². The summed E-state index contributed by atoms with van der Waals surface area (Å²) in [7, 11) is 1.51. The molecular weight excluding hydrogens is 382 g/mol. The average Bonchev–Trinajstić information content (AvgIpc) is 2.66. The molecule has 1 N–H and O–H groups in total. The second-order valence-electron chi connectivity index (χ2n) is 7.45. The quantitative estimate of drug-likeness (QED) is 0.819. The van der Waals surface area contributed by atoms with Crippen LogP contribution in [0.3, 0.4) is 0 Å². The molecule has 8 heteroatoms. The molecular formula is C21H24F2N2O4. The Morgan fingerprint density at radius 1 is 1.03 bits per heavy atom. The Morgan fingerprint density at radius 3 is 2.31 bits per heavy atom. The number of rotatable bonds is 5. The van der Waals surface area contributed by atoms with Crippen LogP contribution in [0, 0.1) is 11.6 Å². The standard InChI is InChI=1S/C21H24F2N2O4/c1-21(2,3)29-20(28)25(16-8-9-17(22)18(23)11-16)12-19(27)24(4)15-7-5-6-14(10-15)13-26/h5-11,26H,12-13H2,1-4H3. The molecule has 2 rings (SSSR count). The molecule has 0 aliphatic rings. The van der Waals surface area contributed by atoms with Gasteiger partial charge in [-0.2, -0.15) is 0 Å². The molecule has 0 radical (unpaired) electrons. The summed E-state index contributed by atoms with van der Waals surface area (Å²) < 4.78 is 32.3. The topological polar surface area (TPSA) is 70.1 Å². The Labute approximate surface area is 168 Å². The lowest BCUT2D eigenvalue weighted by atomic mass is 10.2. The lowest BCUT2D eigenvalue weighted by molar-refractivity contribution is -0.117. The molecule has 0 spiro atoms. The molecule has 0 aliphatic heterocycles. The molecule has 0 unspecified atom stereocenters. The fraction of sp³-hybridized carbons (Fsp3) is 0.333. The van der Waals surface area contributed by atoms with Crippen LogP contribution in [-0.2, 0) is 16.1 Å². The van der Waals surface area contributed by atoms with E-state index in [4.69, 9.17) is 4.74 Å². The van der Waals surface area contributed by atoms with Gasteiger partial charge in [0.05, 0.1) is 12.3 Å². The fourth-order valence-electron chi connectivity index (χ4n) is 2.48. The van der Waals surface area contributed by atoms with Gasteiger partial charge in [-0.25, -0.2) is 13.6 Å². The molecule has 0 aromatic heterocycles. The first-order chi connectivity index (χ1) is 13.5. The minimum Gasteiger partial charge on any atom is -0.443 e. The molecule has 29 heavy (non-hydrogen) atoms. The summed E-state index contributed by atoms with van der Waals surface area (Å²) in [5, 5.41) is 9.27. The van der Waals surface area contributed by atoms with Gasteiger partial charge in [-0.15, -0.1) is 0 Å². The van der Waals surface area contributed by atoms with Gasteiger partial charge in [-0.05, 0) is 50.6 Å². The summed E-state index contributed by atoms with van der Waals surface area (Å²) in [5.74, 6) is -2.70. The lowest BCUT2D eigenvalue weighted by Crippen LogP contribution is -2.44.